The monoisotopic (exact) mass is 460 g/mol. The van der Waals surface area contributed by atoms with Gasteiger partial charge in [-0.1, -0.05) is 17.7 Å². The molecule has 0 aliphatic carbocycles. The second-order valence-corrected chi connectivity index (χ2v) is 8.21. The minimum absolute atomic E-state index is 0.131. The number of ether oxygens (including phenoxy) is 2. The molecule has 0 saturated carbocycles. The summed E-state index contributed by atoms with van der Waals surface area (Å²) < 4.78 is 13.9. The van der Waals surface area contributed by atoms with Gasteiger partial charge >= 0.3 is 0 Å². The van der Waals surface area contributed by atoms with Crippen LogP contribution in [0.5, 0.6) is 11.5 Å². The van der Waals surface area contributed by atoms with Crippen molar-refractivity contribution in [2.45, 2.75) is 33.9 Å². The molecule has 0 radical (unpaired) electrons. The first-order valence-electron chi connectivity index (χ1n) is 11.0. The second-order valence-electron chi connectivity index (χ2n) is 8.21. The van der Waals surface area contributed by atoms with Crippen LogP contribution in [0.4, 0.5) is 0 Å². The van der Waals surface area contributed by atoms with Crippen LogP contribution in [0.15, 0.2) is 53.6 Å². The number of amides is 1. The third kappa shape index (κ3) is 4.26. The molecule has 0 saturated heterocycles. The number of benzene rings is 2. The summed E-state index contributed by atoms with van der Waals surface area (Å²) in [5.41, 5.74) is 5.04. The van der Waals surface area contributed by atoms with Gasteiger partial charge in [-0.2, -0.15) is 0 Å². The Morgan fingerprint density at radius 3 is 2.44 bits per heavy atom. The molecule has 8 nitrogen and oxygen atoms in total. The molecule has 0 spiro atoms. The number of aryl methyl sites for hydroxylation is 2. The topological polar surface area (TPSA) is 87.4 Å². The lowest BCUT2D eigenvalue weighted by atomic mass is 10.2. The Kier molecular flexibility index (Phi) is 6.40. The maximum atomic E-state index is 13.3. The smallest absolute Gasteiger partial charge is 0.263 e. The van der Waals surface area contributed by atoms with Crippen molar-refractivity contribution in [1.29, 1.82) is 0 Å². The molecule has 0 fully saturated rings. The molecule has 0 aliphatic heterocycles. The Hall–Kier alpha value is -4.07. The lowest BCUT2D eigenvalue weighted by Crippen LogP contribution is -2.32. The molecular formula is C26H28N4O4. The summed E-state index contributed by atoms with van der Waals surface area (Å²) in [6, 6.07) is 13.5. The number of carbonyl (C=O) groups is 1. The maximum absolute atomic E-state index is 13.3. The number of hydrogen-bond acceptors (Lipinski definition) is 5. The van der Waals surface area contributed by atoms with Crippen LogP contribution >= 0.6 is 0 Å². The number of aromatic nitrogens is 3. The van der Waals surface area contributed by atoms with Crippen molar-refractivity contribution in [3.8, 4) is 17.2 Å². The van der Waals surface area contributed by atoms with E-state index in [1.165, 1.54) is 10.9 Å². The predicted molar refractivity (Wildman–Crippen MR) is 131 cm³/mol. The van der Waals surface area contributed by atoms with E-state index in [0.29, 0.717) is 22.5 Å². The van der Waals surface area contributed by atoms with Crippen molar-refractivity contribution < 1.29 is 14.3 Å². The van der Waals surface area contributed by atoms with Crippen molar-refractivity contribution in [3.05, 3.63) is 81.5 Å². The lowest BCUT2D eigenvalue weighted by Gasteiger charge is -2.12. The van der Waals surface area contributed by atoms with Crippen LogP contribution in [0.25, 0.3) is 16.7 Å². The first-order valence-corrected chi connectivity index (χ1v) is 11.0. The summed E-state index contributed by atoms with van der Waals surface area (Å²) in [5.74, 6) is 0.984. The molecule has 2 heterocycles. The van der Waals surface area contributed by atoms with Gasteiger partial charge in [-0.25, -0.2) is 4.98 Å². The van der Waals surface area contributed by atoms with E-state index in [4.69, 9.17) is 9.47 Å². The van der Waals surface area contributed by atoms with Gasteiger partial charge in [-0.05, 0) is 50.6 Å². The average molecular weight is 461 g/mol. The first-order chi connectivity index (χ1) is 16.3. The number of nitrogens with one attached hydrogen (secondary N) is 1. The minimum Gasteiger partial charge on any atom is -0.497 e. The molecule has 0 bridgehead atoms. The van der Waals surface area contributed by atoms with Crippen LogP contribution < -0.4 is 20.3 Å². The molecule has 176 valence electrons. The number of rotatable bonds is 7. The van der Waals surface area contributed by atoms with Crippen LogP contribution in [-0.4, -0.2) is 34.2 Å². The van der Waals surface area contributed by atoms with E-state index in [2.05, 4.69) is 10.3 Å². The van der Waals surface area contributed by atoms with E-state index >= 15 is 0 Å². The fourth-order valence-electron chi connectivity index (χ4n) is 4.01. The Morgan fingerprint density at radius 1 is 1.03 bits per heavy atom. The molecule has 0 unspecified atom stereocenters. The van der Waals surface area contributed by atoms with Gasteiger partial charge < -0.3 is 14.8 Å². The Balaban J connectivity index is 1.58. The number of carbonyl (C=O) groups excluding carboxylic acids is 1. The highest BCUT2D eigenvalue weighted by molar-refractivity contribution is 5.83. The summed E-state index contributed by atoms with van der Waals surface area (Å²) in [6.45, 7) is 6.04. The Morgan fingerprint density at radius 2 is 1.76 bits per heavy atom. The van der Waals surface area contributed by atoms with Gasteiger partial charge in [0, 0.05) is 29.6 Å². The Labute approximate surface area is 197 Å². The summed E-state index contributed by atoms with van der Waals surface area (Å²) in [6.07, 6.45) is 1.43. The molecule has 1 amide bonds. The highest BCUT2D eigenvalue weighted by Gasteiger charge is 2.18. The summed E-state index contributed by atoms with van der Waals surface area (Å²) in [4.78, 5) is 30.5. The molecule has 2 aromatic carbocycles. The van der Waals surface area contributed by atoms with Crippen LogP contribution in [-0.2, 0) is 17.9 Å². The highest BCUT2D eigenvalue weighted by Crippen LogP contribution is 2.26. The lowest BCUT2D eigenvalue weighted by molar-refractivity contribution is -0.121. The largest absolute Gasteiger partial charge is 0.497 e. The van der Waals surface area contributed by atoms with E-state index in [9.17, 15) is 9.59 Å². The van der Waals surface area contributed by atoms with Crippen molar-refractivity contribution in [2.75, 3.05) is 14.2 Å². The molecule has 4 aromatic rings. The van der Waals surface area contributed by atoms with Gasteiger partial charge in [0.2, 0.25) is 5.91 Å². The molecule has 4 rings (SSSR count). The zero-order chi connectivity index (χ0) is 24.4. The minimum atomic E-state index is -0.298. The second kappa shape index (κ2) is 9.43. The normalized spacial score (nSPS) is 11.0. The molecule has 34 heavy (non-hydrogen) atoms. The summed E-state index contributed by atoms with van der Waals surface area (Å²) >= 11 is 0. The van der Waals surface area contributed by atoms with Crippen LogP contribution in [0.2, 0.25) is 0 Å². The zero-order valence-electron chi connectivity index (χ0n) is 20.0. The SMILES string of the molecule is COc1ccc(CNC(=O)Cn2cnc3c(c(C)c(C)n3-c3ccc(C)cc3)c2=O)c(OC)c1. The third-order valence-corrected chi connectivity index (χ3v) is 6.06. The fourth-order valence-corrected chi connectivity index (χ4v) is 4.01. The van der Waals surface area contributed by atoms with E-state index in [0.717, 1.165) is 28.1 Å². The maximum Gasteiger partial charge on any atom is 0.263 e. The van der Waals surface area contributed by atoms with E-state index in [1.54, 1.807) is 26.4 Å². The van der Waals surface area contributed by atoms with Crippen molar-refractivity contribution >= 4 is 16.9 Å². The van der Waals surface area contributed by atoms with Crippen LogP contribution in [0, 0.1) is 20.8 Å². The van der Waals surface area contributed by atoms with Gasteiger partial charge in [0.05, 0.1) is 19.6 Å². The van der Waals surface area contributed by atoms with Crippen molar-refractivity contribution in [3.63, 3.8) is 0 Å². The van der Waals surface area contributed by atoms with Gasteiger partial charge in [-0.3, -0.25) is 18.7 Å². The van der Waals surface area contributed by atoms with Gasteiger partial charge in [0.15, 0.2) is 5.65 Å². The van der Waals surface area contributed by atoms with E-state index < -0.39 is 0 Å². The molecule has 0 aliphatic rings. The van der Waals surface area contributed by atoms with Gasteiger partial charge in [0.1, 0.15) is 24.4 Å². The van der Waals surface area contributed by atoms with Gasteiger partial charge in [0.25, 0.3) is 5.56 Å². The van der Waals surface area contributed by atoms with Gasteiger partial charge in [-0.15, -0.1) is 0 Å². The zero-order valence-corrected chi connectivity index (χ0v) is 20.0. The third-order valence-electron chi connectivity index (χ3n) is 6.06. The number of fused-ring (bicyclic) bond motifs is 1. The van der Waals surface area contributed by atoms with Crippen molar-refractivity contribution in [2.24, 2.45) is 0 Å². The average Bonchev–Trinajstić information content (AvgIpc) is 3.10. The molecule has 2 aromatic heterocycles. The number of nitrogens with zero attached hydrogens (tertiary/aromatic N) is 3. The quantitative estimate of drug-likeness (QED) is 0.457. The standard InChI is InChI=1S/C26H28N4O4/c1-16-6-9-20(10-7-16)30-18(3)17(2)24-25(30)28-15-29(26(24)32)14-23(31)27-13-19-8-11-21(33-4)12-22(19)34-5/h6-12,15H,13-14H2,1-5H3,(H,27,31). The fraction of sp³-hybridized carbons (Fsp3) is 0.269. The highest BCUT2D eigenvalue weighted by atomic mass is 16.5. The Bertz CT molecular complexity index is 1420. The molecule has 0 atom stereocenters. The summed E-state index contributed by atoms with van der Waals surface area (Å²) in [5, 5.41) is 3.36. The summed E-state index contributed by atoms with van der Waals surface area (Å²) in [7, 11) is 3.14. The predicted octanol–water partition coefficient (Wildman–Crippen LogP) is 3.45. The number of hydrogen-bond donors (Lipinski definition) is 1. The van der Waals surface area contributed by atoms with Crippen LogP contribution in [0.1, 0.15) is 22.4 Å². The molecule has 8 heteroatoms. The number of methoxy groups -OCH3 is 2. The van der Waals surface area contributed by atoms with Crippen LogP contribution in [0.3, 0.4) is 0 Å². The first kappa shape index (κ1) is 23.1. The molecular weight excluding hydrogens is 432 g/mol. The molecule has 1 N–H and O–H groups in total. The van der Waals surface area contributed by atoms with Crippen molar-refractivity contribution in [1.82, 2.24) is 19.4 Å². The van der Waals surface area contributed by atoms with E-state index in [-0.39, 0.29) is 24.6 Å². The van der Waals surface area contributed by atoms with E-state index in [1.807, 2.05) is 55.7 Å².